The van der Waals surface area contributed by atoms with E-state index in [1.54, 1.807) is 0 Å². The lowest BCUT2D eigenvalue weighted by Crippen LogP contribution is -1.84. The summed E-state index contributed by atoms with van der Waals surface area (Å²) in [5, 5.41) is 2.74. The Morgan fingerprint density at radius 1 is 0.522 bits per heavy atom. The van der Waals surface area contributed by atoms with Crippen molar-refractivity contribution in [3.8, 4) is 33.4 Å². The standard InChI is InChI=1S/C23H16/c1-15-6-4-7-16(14-15)17-12-13-22-19-9-3-2-8-18(19)21-11-5-10-20(17)23(21)22/h2-14H,1H3. The van der Waals surface area contributed by atoms with Gasteiger partial charge in [0.1, 0.15) is 0 Å². The van der Waals surface area contributed by atoms with E-state index in [1.807, 2.05) is 0 Å². The number of aryl methyl sites for hydroxylation is 1. The predicted octanol–water partition coefficient (Wildman–Crippen LogP) is 6.46. The van der Waals surface area contributed by atoms with E-state index in [-0.39, 0.29) is 0 Å². The summed E-state index contributed by atoms with van der Waals surface area (Å²) in [5.41, 5.74) is 9.36. The Kier molecular flexibility index (Phi) is 2.51. The molecule has 23 heavy (non-hydrogen) atoms. The lowest BCUT2D eigenvalue weighted by atomic mass is 9.94. The molecule has 0 aromatic heterocycles. The zero-order valence-electron chi connectivity index (χ0n) is 13.0. The molecule has 0 amide bonds. The normalized spacial score (nSPS) is 11.7. The Bertz CT molecular complexity index is 1040. The van der Waals surface area contributed by atoms with E-state index in [2.05, 4.69) is 85.8 Å². The largest absolute Gasteiger partial charge is 0.0616 e. The van der Waals surface area contributed by atoms with Crippen LogP contribution in [0.2, 0.25) is 0 Å². The van der Waals surface area contributed by atoms with E-state index in [4.69, 9.17) is 0 Å². The van der Waals surface area contributed by atoms with Crippen LogP contribution in [0.1, 0.15) is 5.56 Å². The lowest BCUT2D eigenvalue weighted by molar-refractivity contribution is 1.47. The first kappa shape index (κ1) is 12.7. The molecule has 0 nitrogen and oxygen atoms in total. The molecule has 0 saturated carbocycles. The number of hydrogen-bond acceptors (Lipinski definition) is 0. The van der Waals surface area contributed by atoms with Crippen LogP contribution >= 0.6 is 0 Å². The third-order valence-corrected chi connectivity index (χ3v) is 4.88. The number of benzene rings is 4. The summed E-state index contributed by atoms with van der Waals surface area (Å²) in [6.07, 6.45) is 0. The molecule has 0 atom stereocenters. The fourth-order valence-electron chi connectivity index (χ4n) is 3.87. The maximum atomic E-state index is 2.29. The first-order chi connectivity index (χ1) is 11.3. The van der Waals surface area contributed by atoms with Crippen LogP contribution in [-0.4, -0.2) is 0 Å². The Morgan fingerprint density at radius 2 is 1.17 bits per heavy atom. The van der Waals surface area contributed by atoms with Crippen LogP contribution in [0.15, 0.2) is 78.9 Å². The minimum absolute atomic E-state index is 1.30. The van der Waals surface area contributed by atoms with Gasteiger partial charge in [0.05, 0.1) is 0 Å². The van der Waals surface area contributed by atoms with Gasteiger partial charge in [0, 0.05) is 0 Å². The fraction of sp³-hybridized carbons (Fsp3) is 0.0435. The number of hydrogen-bond donors (Lipinski definition) is 0. The molecule has 0 saturated heterocycles. The van der Waals surface area contributed by atoms with E-state index in [1.165, 1.54) is 49.7 Å². The molecule has 4 aromatic carbocycles. The van der Waals surface area contributed by atoms with E-state index >= 15 is 0 Å². The van der Waals surface area contributed by atoms with Gasteiger partial charge >= 0.3 is 0 Å². The van der Waals surface area contributed by atoms with E-state index < -0.39 is 0 Å². The van der Waals surface area contributed by atoms with Crippen LogP contribution in [0.3, 0.4) is 0 Å². The van der Waals surface area contributed by atoms with Gasteiger partial charge in [-0.15, -0.1) is 0 Å². The van der Waals surface area contributed by atoms with Crippen molar-refractivity contribution in [2.75, 3.05) is 0 Å². The Morgan fingerprint density at radius 3 is 1.96 bits per heavy atom. The van der Waals surface area contributed by atoms with Crippen LogP contribution in [0.5, 0.6) is 0 Å². The van der Waals surface area contributed by atoms with Gasteiger partial charge in [0.25, 0.3) is 0 Å². The van der Waals surface area contributed by atoms with E-state index in [9.17, 15) is 0 Å². The third kappa shape index (κ3) is 1.72. The first-order valence-electron chi connectivity index (χ1n) is 8.05. The lowest BCUT2D eigenvalue weighted by Gasteiger charge is -2.10. The summed E-state index contributed by atoms with van der Waals surface area (Å²) in [6, 6.07) is 28.7. The minimum atomic E-state index is 1.30. The van der Waals surface area contributed by atoms with Crippen molar-refractivity contribution >= 4 is 10.8 Å². The summed E-state index contributed by atoms with van der Waals surface area (Å²) in [5.74, 6) is 0. The smallest absolute Gasteiger partial charge is 0.00201 e. The quantitative estimate of drug-likeness (QED) is 0.332. The average Bonchev–Trinajstić information content (AvgIpc) is 2.92. The summed E-state index contributed by atoms with van der Waals surface area (Å²) in [6.45, 7) is 2.15. The highest BCUT2D eigenvalue weighted by molar-refractivity contribution is 6.18. The summed E-state index contributed by atoms with van der Waals surface area (Å²) < 4.78 is 0. The maximum absolute atomic E-state index is 2.29. The summed E-state index contributed by atoms with van der Waals surface area (Å²) in [4.78, 5) is 0. The monoisotopic (exact) mass is 292 g/mol. The second kappa shape index (κ2) is 4.57. The molecule has 0 fully saturated rings. The Balaban J connectivity index is 1.89. The van der Waals surface area contributed by atoms with Gasteiger partial charge in [-0.3, -0.25) is 0 Å². The summed E-state index contributed by atoms with van der Waals surface area (Å²) in [7, 11) is 0. The van der Waals surface area contributed by atoms with Gasteiger partial charge in [-0.05, 0) is 51.1 Å². The fourth-order valence-corrected chi connectivity index (χ4v) is 3.87. The molecule has 0 unspecified atom stereocenters. The van der Waals surface area contributed by atoms with E-state index in [0.717, 1.165) is 0 Å². The molecule has 0 aliphatic heterocycles. The molecule has 1 aliphatic rings. The van der Waals surface area contributed by atoms with Crippen molar-refractivity contribution in [1.29, 1.82) is 0 Å². The molecule has 1 aliphatic carbocycles. The maximum Gasteiger partial charge on any atom is -0.00201 e. The molecular weight excluding hydrogens is 276 g/mol. The highest BCUT2D eigenvalue weighted by atomic mass is 14.2. The van der Waals surface area contributed by atoms with Crippen LogP contribution in [0.25, 0.3) is 44.2 Å². The average molecular weight is 292 g/mol. The van der Waals surface area contributed by atoms with Crippen LogP contribution in [0.4, 0.5) is 0 Å². The second-order valence-corrected chi connectivity index (χ2v) is 6.30. The zero-order valence-corrected chi connectivity index (χ0v) is 13.0. The Labute approximate surface area is 136 Å². The van der Waals surface area contributed by atoms with Crippen molar-refractivity contribution in [2.24, 2.45) is 0 Å². The van der Waals surface area contributed by atoms with Crippen molar-refractivity contribution in [2.45, 2.75) is 6.92 Å². The van der Waals surface area contributed by atoms with Gasteiger partial charge in [-0.2, -0.15) is 0 Å². The van der Waals surface area contributed by atoms with Crippen LogP contribution < -0.4 is 0 Å². The number of rotatable bonds is 1. The highest BCUT2D eigenvalue weighted by Crippen LogP contribution is 2.48. The molecule has 0 radical (unpaired) electrons. The van der Waals surface area contributed by atoms with Gasteiger partial charge < -0.3 is 0 Å². The molecular formula is C23H16. The second-order valence-electron chi connectivity index (χ2n) is 6.30. The van der Waals surface area contributed by atoms with Crippen LogP contribution in [0, 0.1) is 6.92 Å². The van der Waals surface area contributed by atoms with Gasteiger partial charge in [0.2, 0.25) is 0 Å². The van der Waals surface area contributed by atoms with Crippen LogP contribution in [-0.2, 0) is 0 Å². The molecule has 0 heterocycles. The molecule has 0 heteroatoms. The minimum Gasteiger partial charge on any atom is -0.0616 e. The SMILES string of the molecule is Cc1cccc(-c2ccc3c4c(cccc24)-c2ccccc2-3)c1. The molecule has 0 bridgehead atoms. The van der Waals surface area contributed by atoms with Crippen molar-refractivity contribution < 1.29 is 0 Å². The van der Waals surface area contributed by atoms with Crippen molar-refractivity contribution in [3.05, 3.63) is 84.4 Å². The van der Waals surface area contributed by atoms with Crippen molar-refractivity contribution in [1.82, 2.24) is 0 Å². The zero-order chi connectivity index (χ0) is 15.4. The highest BCUT2D eigenvalue weighted by Gasteiger charge is 2.21. The molecule has 4 aromatic rings. The van der Waals surface area contributed by atoms with Gasteiger partial charge in [0.15, 0.2) is 0 Å². The Hall–Kier alpha value is -2.86. The van der Waals surface area contributed by atoms with Gasteiger partial charge in [-0.25, -0.2) is 0 Å². The van der Waals surface area contributed by atoms with E-state index in [0.29, 0.717) is 0 Å². The summed E-state index contributed by atoms with van der Waals surface area (Å²) >= 11 is 0. The number of fused-ring (bicyclic) bond motifs is 3. The molecule has 0 spiro atoms. The predicted molar refractivity (Wildman–Crippen MR) is 98.6 cm³/mol. The molecule has 5 rings (SSSR count). The topological polar surface area (TPSA) is 0 Å². The molecule has 0 N–H and O–H groups in total. The molecule has 108 valence electrons. The first-order valence-corrected chi connectivity index (χ1v) is 8.05. The third-order valence-electron chi connectivity index (χ3n) is 4.88. The van der Waals surface area contributed by atoms with Gasteiger partial charge in [-0.1, -0.05) is 84.4 Å². The van der Waals surface area contributed by atoms with Crippen molar-refractivity contribution in [3.63, 3.8) is 0 Å².